The third kappa shape index (κ3) is 3.37. The number of benzene rings is 2. The van der Waals surface area contributed by atoms with Crippen molar-refractivity contribution in [2.75, 3.05) is 7.11 Å². The van der Waals surface area contributed by atoms with Gasteiger partial charge < -0.3 is 10.1 Å². The summed E-state index contributed by atoms with van der Waals surface area (Å²) >= 11 is 0. The average molecular weight is 365 g/mol. The highest BCUT2D eigenvalue weighted by Gasteiger charge is 2.38. The van der Waals surface area contributed by atoms with Crippen LogP contribution in [0, 0.1) is 5.82 Å². The molecule has 5 heteroatoms. The molecule has 27 heavy (non-hydrogen) atoms. The number of hydrogen-bond donors (Lipinski definition) is 1. The lowest BCUT2D eigenvalue weighted by Gasteiger charge is -2.34. The number of rotatable bonds is 3. The highest BCUT2D eigenvalue weighted by molar-refractivity contribution is 6.02. The fourth-order valence-electron chi connectivity index (χ4n) is 4.07. The summed E-state index contributed by atoms with van der Waals surface area (Å²) in [7, 11) is 1.59. The molecule has 2 atom stereocenters. The standard InChI is InChI=1S/C22H20FNO3/c1-27-17-4-2-3-14(9-17)18-12-21(26)24-19-10-15(11-20(25)22(18)19)13-5-7-16(23)8-6-13/h2-9,15,18H,10-12H2,1H3,(H,24,26)/t15-,18-/m1/s1. The van der Waals surface area contributed by atoms with Crippen LogP contribution in [0.2, 0.25) is 0 Å². The molecule has 1 aliphatic carbocycles. The summed E-state index contributed by atoms with van der Waals surface area (Å²) in [6, 6.07) is 13.8. The van der Waals surface area contributed by atoms with Gasteiger partial charge in [0.05, 0.1) is 7.11 Å². The molecule has 0 bridgehead atoms. The van der Waals surface area contributed by atoms with Gasteiger partial charge in [-0.2, -0.15) is 0 Å². The first-order chi connectivity index (χ1) is 13.0. The molecule has 1 N–H and O–H groups in total. The molecule has 0 radical (unpaired) electrons. The van der Waals surface area contributed by atoms with E-state index in [-0.39, 0.29) is 35.8 Å². The van der Waals surface area contributed by atoms with Crippen molar-refractivity contribution in [2.45, 2.75) is 31.1 Å². The minimum Gasteiger partial charge on any atom is -0.497 e. The van der Waals surface area contributed by atoms with Gasteiger partial charge in [-0.1, -0.05) is 24.3 Å². The first-order valence-corrected chi connectivity index (χ1v) is 9.00. The van der Waals surface area contributed by atoms with Crippen molar-refractivity contribution >= 4 is 11.7 Å². The number of carbonyl (C=O) groups is 2. The maximum absolute atomic E-state index is 13.2. The molecule has 1 heterocycles. The third-order valence-corrected chi connectivity index (χ3v) is 5.37. The molecule has 0 spiro atoms. The molecule has 138 valence electrons. The number of methoxy groups -OCH3 is 1. The molecular weight excluding hydrogens is 345 g/mol. The zero-order chi connectivity index (χ0) is 19.0. The van der Waals surface area contributed by atoms with Crippen LogP contribution >= 0.6 is 0 Å². The van der Waals surface area contributed by atoms with Gasteiger partial charge in [0.1, 0.15) is 11.6 Å². The molecule has 2 aromatic rings. The summed E-state index contributed by atoms with van der Waals surface area (Å²) in [5.74, 6) is 0.0391. The smallest absolute Gasteiger partial charge is 0.225 e. The summed E-state index contributed by atoms with van der Waals surface area (Å²) in [5.41, 5.74) is 3.21. The van der Waals surface area contributed by atoms with E-state index in [1.54, 1.807) is 19.2 Å². The Morgan fingerprint density at radius 1 is 1.00 bits per heavy atom. The molecule has 1 amide bonds. The van der Waals surface area contributed by atoms with Crippen LogP contribution in [-0.4, -0.2) is 18.8 Å². The fraction of sp³-hybridized carbons (Fsp3) is 0.273. The monoisotopic (exact) mass is 365 g/mol. The average Bonchev–Trinajstić information content (AvgIpc) is 2.67. The zero-order valence-corrected chi connectivity index (χ0v) is 15.0. The van der Waals surface area contributed by atoms with Crippen molar-refractivity contribution in [3.8, 4) is 5.75 Å². The Kier molecular flexibility index (Phi) is 4.52. The van der Waals surface area contributed by atoms with Crippen LogP contribution < -0.4 is 10.1 Å². The summed E-state index contributed by atoms with van der Waals surface area (Å²) in [5, 5.41) is 2.90. The number of halogens is 1. The SMILES string of the molecule is COc1cccc([C@H]2CC(=O)NC3=C2C(=O)C[C@H](c2ccc(F)cc2)C3)c1. The Balaban J connectivity index is 1.70. The number of ether oxygens (including phenoxy) is 1. The number of carbonyl (C=O) groups excluding carboxylic acids is 2. The van der Waals surface area contributed by atoms with Gasteiger partial charge in [0.25, 0.3) is 0 Å². The second-order valence-corrected chi connectivity index (χ2v) is 7.05. The van der Waals surface area contributed by atoms with E-state index in [2.05, 4.69) is 5.32 Å². The van der Waals surface area contributed by atoms with E-state index >= 15 is 0 Å². The van der Waals surface area contributed by atoms with Crippen LogP contribution in [0.25, 0.3) is 0 Å². The van der Waals surface area contributed by atoms with E-state index in [0.29, 0.717) is 29.9 Å². The van der Waals surface area contributed by atoms with Crippen molar-refractivity contribution in [1.29, 1.82) is 0 Å². The number of hydrogen-bond acceptors (Lipinski definition) is 3. The van der Waals surface area contributed by atoms with Crippen molar-refractivity contribution in [2.24, 2.45) is 0 Å². The molecule has 0 saturated heterocycles. The van der Waals surface area contributed by atoms with Crippen LogP contribution in [0.15, 0.2) is 59.8 Å². The van der Waals surface area contributed by atoms with Gasteiger partial charge in [0, 0.05) is 30.0 Å². The van der Waals surface area contributed by atoms with Crippen LogP contribution in [0.1, 0.15) is 42.2 Å². The Bertz CT molecular complexity index is 933. The maximum atomic E-state index is 13.2. The molecule has 0 saturated carbocycles. The van der Waals surface area contributed by atoms with Gasteiger partial charge >= 0.3 is 0 Å². The van der Waals surface area contributed by atoms with Gasteiger partial charge in [-0.25, -0.2) is 4.39 Å². The lowest BCUT2D eigenvalue weighted by Crippen LogP contribution is -2.38. The van der Waals surface area contributed by atoms with E-state index in [4.69, 9.17) is 4.74 Å². The van der Waals surface area contributed by atoms with E-state index < -0.39 is 0 Å². The van der Waals surface area contributed by atoms with E-state index in [9.17, 15) is 14.0 Å². The Morgan fingerprint density at radius 3 is 2.52 bits per heavy atom. The molecule has 0 unspecified atom stereocenters. The van der Waals surface area contributed by atoms with Crippen molar-refractivity contribution in [3.05, 3.63) is 76.7 Å². The predicted octanol–water partition coefficient (Wildman–Crippen LogP) is 3.84. The second kappa shape index (κ2) is 6.99. The molecule has 0 fully saturated rings. The topological polar surface area (TPSA) is 55.4 Å². The summed E-state index contributed by atoms with van der Waals surface area (Å²) in [6.45, 7) is 0. The lowest BCUT2D eigenvalue weighted by atomic mass is 9.73. The molecule has 0 aromatic heterocycles. The maximum Gasteiger partial charge on any atom is 0.225 e. The summed E-state index contributed by atoms with van der Waals surface area (Å²) < 4.78 is 18.5. The highest BCUT2D eigenvalue weighted by Crippen LogP contribution is 2.42. The van der Waals surface area contributed by atoms with Crippen molar-refractivity contribution in [1.82, 2.24) is 5.32 Å². The molecule has 4 rings (SSSR count). The van der Waals surface area contributed by atoms with Crippen LogP contribution in [0.3, 0.4) is 0 Å². The zero-order valence-electron chi connectivity index (χ0n) is 15.0. The molecule has 1 aliphatic heterocycles. The number of amides is 1. The Labute approximate surface area is 157 Å². The number of Topliss-reactive ketones (excluding diaryl/α,β-unsaturated/α-hetero) is 1. The molecular formula is C22H20FNO3. The highest BCUT2D eigenvalue weighted by atomic mass is 19.1. The quantitative estimate of drug-likeness (QED) is 0.899. The van der Waals surface area contributed by atoms with E-state index in [1.807, 2.05) is 24.3 Å². The summed E-state index contributed by atoms with van der Waals surface area (Å²) in [4.78, 5) is 25.3. The van der Waals surface area contributed by atoms with E-state index in [0.717, 1.165) is 11.1 Å². The molecule has 2 aliphatic rings. The van der Waals surface area contributed by atoms with E-state index in [1.165, 1.54) is 12.1 Å². The normalized spacial score (nSPS) is 22.3. The first kappa shape index (κ1) is 17.5. The van der Waals surface area contributed by atoms with Gasteiger partial charge in [-0.15, -0.1) is 0 Å². The minimum atomic E-state index is -0.301. The molecule has 2 aromatic carbocycles. The number of nitrogens with one attached hydrogen (secondary N) is 1. The largest absolute Gasteiger partial charge is 0.497 e. The van der Waals surface area contributed by atoms with Gasteiger partial charge in [0.15, 0.2) is 5.78 Å². The summed E-state index contributed by atoms with van der Waals surface area (Å²) in [6.07, 6.45) is 1.18. The van der Waals surface area contributed by atoms with Gasteiger partial charge in [0.2, 0.25) is 5.91 Å². The number of allylic oxidation sites excluding steroid dienone is 2. The van der Waals surface area contributed by atoms with Crippen LogP contribution in [0.4, 0.5) is 4.39 Å². The fourth-order valence-corrected chi connectivity index (χ4v) is 4.07. The minimum absolute atomic E-state index is 0.0402. The first-order valence-electron chi connectivity index (χ1n) is 9.00. The van der Waals surface area contributed by atoms with Crippen molar-refractivity contribution < 1.29 is 18.7 Å². The van der Waals surface area contributed by atoms with Crippen molar-refractivity contribution in [3.63, 3.8) is 0 Å². The van der Waals surface area contributed by atoms with Gasteiger partial charge in [-0.3, -0.25) is 9.59 Å². The van der Waals surface area contributed by atoms with Crippen LogP contribution in [-0.2, 0) is 9.59 Å². The predicted molar refractivity (Wildman–Crippen MR) is 98.9 cm³/mol. The second-order valence-electron chi connectivity index (χ2n) is 7.05. The third-order valence-electron chi connectivity index (χ3n) is 5.37. The Hall–Kier alpha value is -2.95. The van der Waals surface area contributed by atoms with Gasteiger partial charge in [-0.05, 0) is 47.7 Å². The number of ketones is 1. The molecule has 4 nitrogen and oxygen atoms in total. The van der Waals surface area contributed by atoms with Crippen LogP contribution in [0.5, 0.6) is 5.75 Å². The lowest BCUT2D eigenvalue weighted by molar-refractivity contribution is -0.122. The Morgan fingerprint density at radius 2 is 1.78 bits per heavy atom.